The third kappa shape index (κ3) is 9.12. The van der Waals surface area contributed by atoms with Crippen LogP contribution in [0.4, 0.5) is 5.95 Å². The zero-order chi connectivity index (χ0) is 28.1. The van der Waals surface area contributed by atoms with Crippen LogP contribution in [0, 0.1) is 6.92 Å². The van der Waals surface area contributed by atoms with Gasteiger partial charge in [-0.25, -0.2) is 0 Å². The topological polar surface area (TPSA) is 47.5 Å². The number of unbranched alkanes of at least 4 members (excludes halogenated alkanes) is 3. The molecule has 0 aliphatic heterocycles. The van der Waals surface area contributed by atoms with Gasteiger partial charge in [0, 0.05) is 0 Å². The predicted octanol–water partition coefficient (Wildman–Crippen LogP) is 8.07. The predicted molar refractivity (Wildman–Crippen MR) is 167 cm³/mol. The number of rotatable bonds is 17. The second-order valence-corrected chi connectivity index (χ2v) is 23.9. The van der Waals surface area contributed by atoms with Crippen molar-refractivity contribution < 1.29 is 9.47 Å². The Morgan fingerprint density at radius 3 is 1.49 bits per heavy atom. The molecule has 0 saturated heterocycles. The number of aromatic nitrogens is 2. The van der Waals surface area contributed by atoms with E-state index < -0.39 is 18.4 Å². The number of hydrogen-bond donors (Lipinski definition) is 0. The van der Waals surface area contributed by atoms with Crippen molar-refractivity contribution in [3.63, 3.8) is 0 Å². The van der Waals surface area contributed by atoms with Crippen LogP contribution in [0.1, 0.15) is 76.1 Å². The van der Waals surface area contributed by atoms with Crippen LogP contribution < -0.4 is 18.1 Å². The van der Waals surface area contributed by atoms with Gasteiger partial charge in [0.15, 0.2) is 0 Å². The number of benzene rings is 2. The Morgan fingerprint density at radius 1 is 0.667 bits per heavy atom. The van der Waals surface area contributed by atoms with Crippen molar-refractivity contribution in [1.29, 1.82) is 0 Å². The number of nitrogens with zero attached hydrogens (tertiary/aromatic N) is 3. The second-order valence-electron chi connectivity index (χ2n) is 10.8. The number of hydrogen-bond acceptors (Lipinski definition) is 5. The van der Waals surface area contributed by atoms with Crippen molar-refractivity contribution in [3.8, 4) is 11.5 Å². The summed E-state index contributed by atoms with van der Waals surface area (Å²) in [6.07, 6.45) is 7.74. The van der Waals surface area contributed by atoms with E-state index in [1.54, 1.807) is 14.2 Å². The van der Waals surface area contributed by atoms with Gasteiger partial charge in [-0.2, -0.15) is 0 Å². The van der Waals surface area contributed by atoms with E-state index in [1.165, 1.54) is 66.7 Å². The van der Waals surface area contributed by atoms with Crippen LogP contribution in [-0.2, 0) is 13.1 Å². The summed E-state index contributed by atoms with van der Waals surface area (Å²) in [6, 6.07) is 19.1. The summed E-state index contributed by atoms with van der Waals surface area (Å²) in [5.74, 6) is 2.61. The molecule has 1 aromatic heterocycles. The molecular weight excluding hydrogens is 589 g/mol. The van der Waals surface area contributed by atoms with Gasteiger partial charge in [0.1, 0.15) is 0 Å². The van der Waals surface area contributed by atoms with E-state index in [1.807, 2.05) is 24.3 Å². The van der Waals surface area contributed by atoms with Crippen molar-refractivity contribution in [2.45, 2.75) is 92.6 Å². The molecule has 0 radical (unpaired) electrons. The van der Waals surface area contributed by atoms with E-state index >= 15 is 0 Å². The average molecular weight is 638 g/mol. The molecule has 3 rings (SSSR count). The van der Waals surface area contributed by atoms with Crippen molar-refractivity contribution in [2.24, 2.45) is 0 Å². The first-order valence-electron chi connectivity index (χ1n) is 14.8. The van der Waals surface area contributed by atoms with Gasteiger partial charge in [-0.1, -0.05) is 0 Å². The molecule has 212 valence electrons. The average Bonchev–Trinajstić information content (AvgIpc) is 2.97. The van der Waals surface area contributed by atoms with E-state index in [0.29, 0.717) is 0 Å². The van der Waals surface area contributed by atoms with Crippen molar-refractivity contribution in [1.82, 2.24) is 9.97 Å². The molecular formula is C33H49N3O2Sn. The van der Waals surface area contributed by atoms with Crippen LogP contribution in [0.25, 0.3) is 0 Å². The SMILES string of the molecule is CCC[CH2][Sn]([CH2]CCC)([CH2]CCC)[c]1cc(C)nc(N(Cc2ccc(OC)cc2)Cc2ccc(OC)cc2)n1. The minimum absolute atomic E-state index is 0.736. The fourth-order valence-corrected chi connectivity index (χ4v) is 21.0. The summed E-state index contributed by atoms with van der Waals surface area (Å²) >= 11 is -2.72. The first-order chi connectivity index (χ1) is 19.0. The summed E-state index contributed by atoms with van der Waals surface area (Å²) in [7, 11) is 3.42. The van der Waals surface area contributed by atoms with Crippen LogP contribution in [0.3, 0.4) is 0 Å². The van der Waals surface area contributed by atoms with E-state index in [-0.39, 0.29) is 0 Å². The normalized spacial score (nSPS) is 11.4. The summed E-state index contributed by atoms with van der Waals surface area (Å²) in [4.78, 5) is 12.9. The van der Waals surface area contributed by atoms with Crippen molar-refractivity contribution in [2.75, 3.05) is 19.1 Å². The Hall–Kier alpha value is -2.28. The van der Waals surface area contributed by atoms with Gasteiger partial charge in [-0.05, 0) is 0 Å². The zero-order valence-electron chi connectivity index (χ0n) is 25.1. The van der Waals surface area contributed by atoms with E-state index in [2.05, 4.69) is 62.9 Å². The summed E-state index contributed by atoms with van der Waals surface area (Å²) in [5, 5.41) is 0. The molecule has 0 aliphatic carbocycles. The maximum absolute atomic E-state index is 5.48. The van der Waals surface area contributed by atoms with Crippen molar-refractivity contribution >= 4 is 28.0 Å². The Bertz CT molecular complexity index is 1050. The molecule has 2 aromatic carbocycles. The molecule has 1 heterocycles. The minimum atomic E-state index is -2.72. The van der Waals surface area contributed by atoms with Gasteiger partial charge in [0.05, 0.1) is 0 Å². The third-order valence-corrected chi connectivity index (χ3v) is 22.8. The van der Waals surface area contributed by atoms with Crippen LogP contribution in [0.5, 0.6) is 11.5 Å². The summed E-state index contributed by atoms with van der Waals surface area (Å²) < 4.78 is 16.4. The Kier molecular flexibility index (Phi) is 12.9. The standard InChI is InChI=1S/C21H22N3O2.3C4H9.Sn/c1-16-12-13-22-21(23-16)24(14-17-4-8-19(25-2)9-5-17)15-18-6-10-20(26-3)11-7-18;3*1-3-4-2;/h4-12H,14-15H2,1-3H3;3*1,3-4H2,2H3;. The fourth-order valence-electron chi connectivity index (χ4n) is 5.37. The number of anilines is 1. The van der Waals surface area contributed by atoms with Crippen LogP contribution in [0.15, 0.2) is 54.6 Å². The van der Waals surface area contributed by atoms with Gasteiger partial charge in [0.2, 0.25) is 0 Å². The number of ether oxygens (including phenoxy) is 2. The first kappa shape index (κ1) is 31.2. The van der Waals surface area contributed by atoms with Crippen LogP contribution >= 0.6 is 0 Å². The molecule has 0 N–H and O–H groups in total. The molecule has 0 bridgehead atoms. The molecule has 39 heavy (non-hydrogen) atoms. The summed E-state index contributed by atoms with van der Waals surface area (Å²) in [5.41, 5.74) is 3.53. The van der Waals surface area contributed by atoms with E-state index in [9.17, 15) is 0 Å². The maximum atomic E-state index is 5.48. The van der Waals surface area contributed by atoms with Gasteiger partial charge in [-0.15, -0.1) is 0 Å². The first-order valence-corrected chi connectivity index (χ1v) is 22.3. The van der Waals surface area contributed by atoms with Crippen LogP contribution in [-0.4, -0.2) is 42.6 Å². The molecule has 5 nitrogen and oxygen atoms in total. The Labute approximate surface area is 241 Å². The Morgan fingerprint density at radius 2 is 1.10 bits per heavy atom. The molecule has 0 unspecified atom stereocenters. The monoisotopic (exact) mass is 639 g/mol. The summed E-state index contributed by atoms with van der Waals surface area (Å²) in [6.45, 7) is 10.6. The molecule has 0 saturated carbocycles. The molecule has 0 atom stereocenters. The van der Waals surface area contributed by atoms with E-state index in [4.69, 9.17) is 19.4 Å². The van der Waals surface area contributed by atoms with Crippen molar-refractivity contribution in [3.05, 3.63) is 71.4 Å². The quantitative estimate of drug-likeness (QED) is 0.140. The number of methoxy groups -OCH3 is 2. The number of aryl methyl sites for hydroxylation is 1. The molecule has 0 aliphatic rings. The third-order valence-electron chi connectivity index (χ3n) is 7.76. The molecule has 0 amide bonds. The zero-order valence-corrected chi connectivity index (χ0v) is 28.0. The van der Waals surface area contributed by atoms with E-state index in [0.717, 1.165) is 36.2 Å². The van der Waals surface area contributed by atoms with Gasteiger partial charge < -0.3 is 0 Å². The van der Waals surface area contributed by atoms with Gasteiger partial charge >= 0.3 is 242 Å². The fraction of sp³-hybridized carbons (Fsp3) is 0.515. The second kappa shape index (κ2) is 16.1. The van der Waals surface area contributed by atoms with Crippen LogP contribution in [0.2, 0.25) is 13.3 Å². The molecule has 6 heteroatoms. The van der Waals surface area contributed by atoms with Gasteiger partial charge in [0.25, 0.3) is 0 Å². The molecule has 0 fully saturated rings. The van der Waals surface area contributed by atoms with Gasteiger partial charge in [-0.3, -0.25) is 0 Å². The molecule has 3 aromatic rings. The Balaban J connectivity index is 2.05. The molecule has 0 spiro atoms.